The van der Waals surface area contributed by atoms with Gasteiger partial charge in [-0.1, -0.05) is 20.8 Å². The second-order valence-corrected chi connectivity index (χ2v) is 8.21. The highest BCUT2D eigenvalue weighted by atomic mass is 35.7. The van der Waals surface area contributed by atoms with E-state index in [0.717, 1.165) is 24.6 Å². The lowest BCUT2D eigenvalue weighted by Crippen LogP contribution is -2.28. The van der Waals surface area contributed by atoms with Crippen molar-refractivity contribution in [1.29, 1.82) is 0 Å². The van der Waals surface area contributed by atoms with E-state index in [1.165, 1.54) is 0 Å². The third-order valence-electron chi connectivity index (χ3n) is 2.63. The molecule has 0 fully saturated rings. The Kier molecular flexibility index (Phi) is 5.15. The predicted molar refractivity (Wildman–Crippen MR) is 75.8 cm³/mol. The molecular formula is C13H17ClFNO3S. The van der Waals surface area contributed by atoms with E-state index in [2.05, 4.69) is 5.32 Å². The van der Waals surface area contributed by atoms with Crippen LogP contribution < -0.4 is 5.32 Å². The summed E-state index contributed by atoms with van der Waals surface area (Å²) in [5.41, 5.74) is -0.148. The van der Waals surface area contributed by atoms with Crippen LogP contribution in [0.4, 0.5) is 4.39 Å². The Morgan fingerprint density at radius 2 is 1.95 bits per heavy atom. The first-order chi connectivity index (χ1) is 9.00. The molecule has 0 aromatic heterocycles. The Hall–Kier alpha value is -1.14. The molecule has 0 bridgehead atoms. The number of halogens is 2. The molecule has 0 unspecified atom stereocenters. The van der Waals surface area contributed by atoms with Gasteiger partial charge in [-0.3, -0.25) is 4.79 Å². The lowest BCUT2D eigenvalue weighted by Gasteiger charge is -2.18. The number of hydrogen-bond donors (Lipinski definition) is 1. The van der Waals surface area contributed by atoms with E-state index in [4.69, 9.17) is 10.7 Å². The number of benzene rings is 1. The zero-order chi connectivity index (χ0) is 15.6. The normalized spacial score (nSPS) is 12.2. The van der Waals surface area contributed by atoms with Crippen LogP contribution in [0.3, 0.4) is 0 Å². The summed E-state index contributed by atoms with van der Waals surface area (Å²) in [6.45, 7) is 6.50. The fraction of sp³-hybridized carbons (Fsp3) is 0.462. The summed E-state index contributed by atoms with van der Waals surface area (Å²) < 4.78 is 35.8. The molecular weight excluding hydrogens is 305 g/mol. The van der Waals surface area contributed by atoms with Crippen LogP contribution in [0.25, 0.3) is 0 Å². The number of amides is 1. The van der Waals surface area contributed by atoms with Gasteiger partial charge in [0.05, 0.1) is 10.5 Å². The number of rotatable bonds is 4. The average molecular weight is 322 g/mol. The first-order valence-electron chi connectivity index (χ1n) is 6.03. The molecule has 1 rings (SSSR count). The molecule has 1 N–H and O–H groups in total. The van der Waals surface area contributed by atoms with Gasteiger partial charge in [0.1, 0.15) is 5.82 Å². The third-order valence-corrected chi connectivity index (χ3v) is 3.98. The monoisotopic (exact) mass is 321 g/mol. The van der Waals surface area contributed by atoms with Crippen molar-refractivity contribution >= 4 is 25.6 Å². The van der Waals surface area contributed by atoms with Crippen LogP contribution in [0.2, 0.25) is 0 Å². The summed E-state index contributed by atoms with van der Waals surface area (Å²) in [6, 6.07) is 2.95. The number of nitrogens with one attached hydrogen (secondary N) is 1. The van der Waals surface area contributed by atoms with Gasteiger partial charge in [-0.05, 0) is 30.0 Å². The molecule has 0 atom stereocenters. The molecule has 112 valence electrons. The molecule has 4 nitrogen and oxygen atoms in total. The van der Waals surface area contributed by atoms with E-state index >= 15 is 0 Å². The highest BCUT2D eigenvalue weighted by Crippen LogP contribution is 2.19. The van der Waals surface area contributed by atoms with Gasteiger partial charge >= 0.3 is 0 Å². The minimum atomic E-state index is -4.00. The van der Waals surface area contributed by atoms with Gasteiger partial charge in [-0.15, -0.1) is 0 Å². The Morgan fingerprint density at radius 1 is 1.35 bits per heavy atom. The fourth-order valence-electron chi connectivity index (χ4n) is 1.48. The standard InChI is InChI=1S/C13H17ClFNO3S/c1-13(2,3)6-7-16-12(17)10-5-4-9(8-11(10)15)20(14,18)19/h4-5,8H,6-7H2,1-3H3,(H,16,17). The molecule has 1 aromatic carbocycles. The summed E-state index contributed by atoms with van der Waals surface area (Å²) in [5, 5.41) is 2.59. The zero-order valence-corrected chi connectivity index (χ0v) is 13.1. The van der Waals surface area contributed by atoms with Gasteiger partial charge in [0.2, 0.25) is 0 Å². The van der Waals surface area contributed by atoms with Crippen LogP contribution in [0.5, 0.6) is 0 Å². The van der Waals surface area contributed by atoms with Crippen molar-refractivity contribution in [2.24, 2.45) is 5.41 Å². The van der Waals surface area contributed by atoms with Crippen molar-refractivity contribution in [3.63, 3.8) is 0 Å². The van der Waals surface area contributed by atoms with Crippen molar-refractivity contribution in [2.45, 2.75) is 32.1 Å². The SMILES string of the molecule is CC(C)(C)CCNC(=O)c1ccc(S(=O)(=O)Cl)cc1F. The summed E-state index contributed by atoms with van der Waals surface area (Å²) in [6.07, 6.45) is 0.745. The largest absolute Gasteiger partial charge is 0.352 e. The van der Waals surface area contributed by atoms with E-state index in [1.54, 1.807) is 0 Å². The number of carbonyl (C=O) groups is 1. The third kappa shape index (κ3) is 5.09. The smallest absolute Gasteiger partial charge is 0.261 e. The zero-order valence-electron chi connectivity index (χ0n) is 11.5. The maximum atomic E-state index is 13.7. The number of carbonyl (C=O) groups excluding carboxylic acids is 1. The molecule has 0 saturated carbocycles. The van der Waals surface area contributed by atoms with Crippen molar-refractivity contribution in [3.8, 4) is 0 Å². The van der Waals surface area contributed by atoms with Gasteiger partial charge in [-0.2, -0.15) is 0 Å². The second-order valence-electron chi connectivity index (χ2n) is 5.65. The van der Waals surface area contributed by atoms with E-state index in [0.29, 0.717) is 6.54 Å². The van der Waals surface area contributed by atoms with Crippen LogP contribution in [-0.4, -0.2) is 20.9 Å². The predicted octanol–water partition coefficient (Wildman–Crippen LogP) is 2.92. The van der Waals surface area contributed by atoms with Crippen LogP contribution in [0.15, 0.2) is 23.1 Å². The van der Waals surface area contributed by atoms with Gasteiger partial charge < -0.3 is 5.32 Å². The van der Waals surface area contributed by atoms with Gasteiger partial charge in [-0.25, -0.2) is 12.8 Å². The van der Waals surface area contributed by atoms with E-state index in [1.807, 2.05) is 20.8 Å². The molecule has 0 radical (unpaired) electrons. The van der Waals surface area contributed by atoms with Crippen molar-refractivity contribution in [1.82, 2.24) is 5.32 Å². The maximum Gasteiger partial charge on any atom is 0.261 e. The Bertz CT molecular complexity index is 609. The Labute approximate surface area is 122 Å². The highest BCUT2D eigenvalue weighted by Gasteiger charge is 2.17. The lowest BCUT2D eigenvalue weighted by molar-refractivity contribution is 0.0945. The summed E-state index contributed by atoms with van der Waals surface area (Å²) >= 11 is 0. The maximum absolute atomic E-state index is 13.7. The molecule has 7 heteroatoms. The summed E-state index contributed by atoms with van der Waals surface area (Å²) in [5.74, 6) is -1.50. The molecule has 0 aliphatic heterocycles. The van der Waals surface area contributed by atoms with Gasteiger partial charge in [0.15, 0.2) is 0 Å². The molecule has 0 spiro atoms. The van der Waals surface area contributed by atoms with Gasteiger partial charge in [0, 0.05) is 17.2 Å². The molecule has 1 amide bonds. The van der Waals surface area contributed by atoms with Crippen molar-refractivity contribution < 1.29 is 17.6 Å². The minimum absolute atomic E-state index is 0.0579. The fourth-order valence-corrected chi connectivity index (χ4v) is 2.24. The topological polar surface area (TPSA) is 63.2 Å². The molecule has 0 aliphatic carbocycles. The van der Waals surface area contributed by atoms with Crippen molar-refractivity contribution in [3.05, 3.63) is 29.6 Å². The molecule has 1 aromatic rings. The highest BCUT2D eigenvalue weighted by molar-refractivity contribution is 8.13. The Morgan fingerprint density at radius 3 is 2.40 bits per heavy atom. The summed E-state index contributed by atoms with van der Waals surface area (Å²) in [4.78, 5) is 11.4. The second kappa shape index (κ2) is 6.10. The first-order valence-corrected chi connectivity index (χ1v) is 8.34. The van der Waals surface area contributed by atoms with Crippen LogP contribution in [0, 0.1) is 11.2 Å². The quantitative estimate of drug-likeness (QED) is 0.867. The van der Waals surface area contributed by atoms with Crippen LogP contribution in [-0.2, 0) is 9.05 Å². The van der Waals surface area contributed by atoms with Gasteiger partial charge in [0.25, 0.3) is 15.0 Å². The summed E-state index contributed by atoms with van der Waals surface area (Å²) in [7, 11) is 1.10. The van der Waals surface area contributed by atoms with E-state index in [-0.39, 0.29) is 15.9 Å². The van der Waals surface area contributed by atoms with Crippen LogP contribution >= 0.6 is 10.7 Å². The lowest BCUT2D eigenvalue weighted by atomic mass is 9.92. The average Bonchev–Trinajstić information content (AvgIpc) is 2.25. The molecule has 0 heterocycles. The first kappa shape index (κ1) is 16.9. The Balaban J connectivity index is 2.80. The molecule has 0 saturated heterocycles. The van der Waals surface area contributed by atoms with Crippen molar-refractivity contribution in [2.75, 3.05) is 6.54 Å². The van der Waals surface area contributed by atoms with E-state index in [9.17, 15) is 17.6 Å². The van der Waals surface area contributed by atoms with Crippen LogP contribution in [0.1, 0.15) is 37.6 Å². The molecule has 0 aliphatic rings. The minimum Gasteiger partial charge on any atom is -0.352 e. The van der Waals surface area contributed by atoms with E-state index < -0.39 is 20.8 Å². The number of hydrogen-bond acceptors (Lipinski definition) is 3. The molecule has 20 heavy (non-hydrogen) atoms.